The Morgan fingerprint density at radius 3 is 2.45 bits per heavy atom. The molecule has 1 saturated carbocycles. The van der Waals surface area contributed by atoms with E-state index < -0.39 is 12.0 Å². The van der Waals surface area contributed by atoms with E-state index in [1.165, 1.54) is 4.90 Å². The summed E-state index contributed by atoms with van der Waals surface area (Å²) >= 11 is 0. The number of likely N-dealkylation sites (N-methyl/N-ethyl adjacent to an activating group) is 1. The fraction of sp³-hybridized carbons (Fsp3) is 0.560. The Morgan fingerprint density at radius 2 is 1.85 bits per heavy atom. The van der Waals surface area contributed by atoms with Gasteiger partial charge in [-0.15, -0.1) is 0 Å². The monoisotopic (exact) mass is 454 g/mol. The standard InChI is InChI=1S/C25H34N4O4/c1-5-33-24(31)21-20(15-28-12-13-29(17(3)14-28)23(30)19-10-11-19)27(4)25(32)26-22(21)18-8-6-16(2)7-9-18/h6-9,17,19,22H,5,10-15H2,1-4H3,(H,26,32). The highest BCUT2D eigenvalue weighted by molar-refractivity contribution is 5.95. The van der Waals surface area contributed by atoms with E-state index in [0.29, 0.717) is 37.4 Å². The summed E-state index contributed by atoms with van der Waals surface area (Å²) in [5.41, 5.74) is 3.06. The molecule has 1 saturated heterocycles. The molecule has 2 unspecified atom stereocenters. The summed E-state index contributed by atoms with van der Waals surface area (Å²) in [5.74, 6) is 0.0586. The van der Waals surface area contributed by atoms with E-state index in [1.54, 1.807) is 14.0 Å². The maximum atomic E-state index is 13.1. The molecule has 0 radical (unpaired) electrons. The SMILES string of the molecule is CCOC(=O)C1=C(CN2CCN(C(=O)C3CC3)C(C)C2)N(C)C(=O)NC1c1ccc(C)cc1. The third-order valence-electron chi connectivity index (χ3n) is 6.78. The molecule has 8 nitrogen and oxygen atoms in total. The second kappa shape index (κ2) is 9.55. The highest BCUT2D eigenvalue weighted by atomic mass is 16.5. The lowest BCUT2D eigenvalue weighted by Crippen LogP contribution is -2.56. The van der Waals surface area contributed by atoms with Crippen LogP contribution in [0, 0.1) is 12.8 Å². The third kappa shape index (κ3) is 4.90. The normalized spacial score (nSPS) is 24.1. The zero-order valence-corrected chi connectivity index (χ0v) is 20.0. The molecule has 3 amide bonds. The highest BCUT2D eigenvalue weighted by Gasteiger charge is 2.40. The van der Waals surface area contributed by atoms with Crippen molar-refractivity contribution in [2.24, 2.45) is 5.92 Å². The summed E-state index contributed by atoms with van der Waals surface area (Å²) in [5, 5.41) is 2.97. The Morgan fingerprint density at radius 1 is 1.15 bits per heavy atom. The summed E-state index contributed by atoms with van der Waals surface area (Å²) in [7, 11) is 1.69. The van der Waals surface area contributed by atoms with Crippen LogP contribution in [-0.4, -0.2) is 78.5 Å². The lowest BCUT2D eigenvalue weighted by atomic mass is 9.93. The number of hydrogen-bond donors (Lipinski definition) is 1. The maximum Gasteiger partial charge on any atom is 0.338 e. The second-order valence-corrected chi connectivity index (χ2v) is 9.32. The third-order valence-corrected chi connectivity index (χ3v) is 6.78. The minimum Gasteiger partial charge on any atom is -0.463 e. The quantitative estimate of drug-likeness (QED) is 0.668. The van der Waals surface area contributed by atoms with E-state index in [-0.39, 0.29) is 30.5 Å². The van der Waals surface area contributed by atoms with E-state index >= 15 is 0 Å². The first kappa shape index (κ1) is 23.3. The van der Waals surface area contributed by atoms with Gasteiger partial charge in [-0.05, 0) is 39.2 Å². The van der Waals surface area contributed by atoms with Gasteiger partial charge in [0, 0.05) is 50.9 Å². The van der Waals surface area contributed by atoms with Crippen molar-refractivity contribution in [3.8, 4) is 0 Å². The fourth-order valence-electron chi connectivity index (χ4n) is 4.69. The number of esters is 1. The molecular weight excluding hydrogens is 420 g/mol. The van der Waals surface area contributed by atoms with E-state index in [1.807, 2.05) is 36.1 Å². The van der Waals surface area contributed by atoms with E-state index in [0.717, 1.165) is 24.0 Å². The number of urea groups is 1. The minimum absolute atomic E-state index is 0.0918. The average molecular weight is 455 g/mol. The molecule has 0 spiro atoms. The number of amides is 3. The smallest absolute Gasteiger partial charge is 0.338 e. The molecule has 33 heavy (non-hydrogen) atoms. The minimum atomic E-state index is -0.571. The summed E-state index contributed by atoms with van der Waals surface area (Å²) in [4.78, 5) is 44.3. The molecule has 0 aromatic heterocycles. The molecule has 0 bridgehead atoms. The van der Waals surface area contributed by atoms with Gasteiger partial charge in [-0.25, -0.2) is 9.59 Å². The lowest BCUT2D eigenvalue weighted by molar-refractivity contribution is -0.139. The molecule has 1 N–H and O–H groups in total. The molecule has 2 fully saturated rings. The number of carbonyl (C=O) groups is 3. The first-order valence-corrected chi connectivity index (χ1v) is 11.8. The lowest BCUT2D eigenvalue weighted by Gasteiger charge is -2.42. The molecule has 8 heteroatoms. The van der Waals surface area contributed by atoms with Crippen LogP contribution in [0.15, 0.2) is 35.5 Å². The molecule has 1 aromatic carbocycles. The maximum absolute atomic E-state index is 13.1. The Bertz CT molecular complexity index is 954. The van der Waals surface area contributed by atoms with Crippen molar-refractivity contribution in [3.63, 3.8) is 0 Å². The van der Waals surface area contributed by atoms with Gasteiger partial charge in [0.2, 0.25) is 5.91 Å². The van der Waals surface area contributed by atoms with Crippen molar-refractivity contribution in [1.82, 2.24) is 20.0 Å². The van der Waals surface area contributed by atoms with Crippen molar-refractivity contribution in [2.75, 3.05) is 39.8 Å². The van der Waals surface area contributed by atoms with Crippen LogP contribution in [-0.2, 0) is 14.3 Å². The molecular formula is C25H34N4O4. The van der Waals surface area contributed by atoms with Crippen LogP contribution in [0.25, 0.3) is 0 Å². The van der Waals surface area contributed by atoms with Gasteiger partial charge in [-0.2, -0.15) is 0 Å². The fourth-order valence-corrected chi connectivity index (χ4v) is 4.69. The zero-order chi connectivity index (χ0) is 23.7. The Labute approximate surface area is 195 Å². The Kier molecular flexibility index (Phi) is 6.74. The predicted octanol–water partition coefficient (Wildman–Crippen LogP) is 2.45. The number of hydrogen-bond acceptors (Lipinski definition) is 5. The van der Waals surface area contributed by atoms with Gasteiger partial charge in [-0.1, -0.05) is 29.8 Å². The van der Waals surface area contributed by atoms with Gasteiger partial charge in [0.25, 0.3) is 0 Å². The number of piperazine rings is 1. The number of rotatable bonds is 6. The van der Waals surface area contributed by atoms with Crippen LogP contribution in [0.3, 0.4) is 0 Å². The highest BCUT2D eigenvalue weighted by Crippen LogP contribution is 2.34. The van der Waals surface area contributed by atoms with Crippen molar-refractivity contribution in [2.45, 2.75) is 45.7 Å². The van der Waals surface area contributed by atoms with Crippen molar-refractivity contribution >= 4 is 17.9 Å². The predicted molar refractivity (Wildman–Crippen MR) is 124 cm³/mol. The van der Waals surface area contributed by atoms with E-state index in [2.05, 4.69) is 17.1 Å². The summed E-state index contributed by atoms with van der Waals surface area (Å²) in [6.45, 7) is 8.61. The van der Waals surface area contributed by atoms with Crippen LogP contribution >= 0.6 is 0 Å². The van der Waals surface area contributed by atoms with Crippen molar-refractivity contribution < 1.29 is 19.1 Å². The first-order chi connectivity index (χ1) is 15.8. The number of carbonyl (C=O) groups excluding carboxylic acids is 3. The van der Waals surface area contributed by atoms with Crippen LogP contribution in [0.1, 0.15) is 43.9 Å². The molecule has 1 aliphatic carbocycles. The van der Waals surface area contributed by atoms with Gasteiger partial charge >= 0.3 is 12.0 Å². The molecule has 4 rings (SSSR count). The average Bonchev–Trinajstić information content (AvgIpc) is 3.62. The number of nitrogens with zero attached hydrogens (tertiary/aromatic N) is 3. The Balaban J connectivity index is 1.62. The van der Waals surface area contributed by atoms with Crippen LogP contribution < -0.4 is 5.32 Å². The number of benzene rings is 1. The summed E-state index contributed by atoms with van der Waals surface area (Å²) in [6.07, 6.45) is 2.00. The number of aryl methyl sites for hydroxylation is 1. The molecule has 2 heterocycles. The molecule has 2 atom stereocenters. The van der Waals surface area contributed by atoms with E-state index in [4.69, 9.17) is 4.74 Å². The summed E-state index contributed by atoms with van der Waals surface area (Å²) < 4.78 is 5.42. The van der Waals surface area contributed by atoms with Gasteiger partial charge in [0.15, 0.2) is 0 Å². The zero-order valence-electron chi connectivity index (χ0n) is 20.0. The van der Waals surface area contributed by atoms with Gasteiger partial charge < -0.3 is 15.0 Å². The van der Waals surface area contributed by atoms with Crippen molar-refractivity contribution in [1.29, 1.82) is 0 Å². The number of ether oxygens (including phenoxy) is 1. The van der Waals surface area contributed by atoms with E-state index in [9.17, 15) is 14.4 Å². The van der Waals surface area contributed by atoms with Gasteiger partial charge in [0.05, 0.1) is 18.2 Å². The topological polar surface area (TPSA) is 82.2 Å². The van der Waals surface area contributed by atoms with Gasteiger partial charge in [0.1, 0.15) is 0 Å². The molecule has 3 aliphatic rings. The Hall–Kier alpha value is -2.87. The molecule has 178 valence electrons. The first-order valence-electron chi connectivity index (χ1n) is 11.8. The van der Waals surface area contributed by atoms with Gasteiger partial charge in [-0.3, -0.25) is 14.6 Å². The number of nitrogens with one attached hydrogen (secondary N) is 1. The van der Waals surface area contributed by atoms with Crippen molar-refractivity contribution in [3.05, 3.63) is 46.7 Å². The molecule has 2 aliphatic heterocycles. The van der Waals surface area contributed by atoms with Crippen LogP contribution in [0.5, 0.6) is 0 Å². The molecule has 1 aromatic rings. The van der Waals surface area contributed by atoms with Crippen LogP contribution in [0.4, 0.5) is 4.79 Å². The largest absolute Gasteiger partial charge is 0.463 e. The second-order valence-electron chi connectivity index (χ2n) is 9.32. The summed E-state index contributed by atoms with van der Waals surface area (Å²) in [6, 6.07) is 7.09. The van der Waals surface area contributed by atoms with Crippen LogP contribution in [0.2, 0.25) is 0 Å².